The molecule has 0 saturated heterocycles. The normalized spacial score (nSPS) is 10.2. The van der Waals surface area contributed by atoms with Gasteiger partial charge in [-0.1, -0.05) is 35.9 Å². The molecule has 0 aliphatic carbocycles. The highest BCUT2D eigenvalue weighted by atomic mass is 19.1. The molecule has 0 heterocycles. The Morgan fingerprint density at radius 2 is 1.82 bits per heavy atom. The van der Waals surface area contributed by atoms with Crippen LogP contribution in [-0.2, 0) is 6.42 Å². The van der Waals surface area contributed by atoms with Gasteiger partial charge in [-0.25, -0.2) is 4.39 Å². The summed E-state index contributed by atoms with van der Waals surface area (Å²) in [5, 5.41) is 0. The minimum absolute atomic E-state index is 0.0558. The second-order valence-corrected chi connectivity index (χ2v) is 4.10. The minimum atomic E-state index is -0.281. The number of aryl methyl sites for hydroxylation is 1. The van der Waals surface area contributed by atoms with Crippen LogP contribution < -0.4 is 0 Å². The maximum Gasteiger partial charge on any atom is 0.167 e. The Morgan fingerprint density at radius 1 is 1.12 bits per heavy atom. The van der Waals surface area contributed by atoms with Crippen molar-refractivity contribution in [2.75, 3.05) is 0 Å². The molecule has 0 aliphatic heterocycles. The van der Waals surface area contributed by atoms with E-state index in [9.17, 15) is 9.18 Å². The summed E-state index contributed by atoms with van der Waals surface area (Å²) >= 11 is 0. The van der Waals surface area contributed by atoms with E-state index >= 15 is 0 Å². The van der Waals surface area contributed by atoms with Gasteiger partial charge in [0.2, 0.25) is 0 Å². The summed E-state index contributed by atoms with van der Waals surface area (Å²) in [6.07, 6.45) is 0.309. The Bertz CT molecular complexity index is 529. The average Bonchev–Trinajstić information content (AvgIpc) is 2.32. The number of carbonyl (C=O) groups excluding carboxylic acids is 1. The number of benzene rings is 2. The lowest BCUT2D eigenvalue weighted by molar-refractivity contribution is 0.0993. The molecular formula is C15H13FO. The van der Waals surface area contributed by atoms with E-state index in [0.717, 1.165) is 11.1 Å². The van der Waals surface area contributed by atoms with Crippen LogP contribution in [0, 0.1) is 12.7 Å². The summed E-state index contributed by atoms with van der Waals surface area (Å²) in [7, 11) is 0. The molecule has 0 bridgehead atoms. The monoisotopic (exact) mass is 228 g/mol. The first-order chi connectivity index (χ1) is 8.15. The van der Waals surface area contributed by atoms with Crippen LogP contribution in [0.1, 0.15) is 21.5 Å². The van der Waals surface area contributed by atoms with Crippen LogP contribution in [0.15, 0.2) is 48.5 Å². The van der Waals surface area contributed by atoms with Crippen molar-refractivity contribution >= 4 is 5.78 Å². The standard InChI is InChI=1S/C15H13FO/c1-11-3-2-4-13(9-11)15(17)10-12-5-7-14(16)8-6-12/h2-9H,10H2,1H3. The second kappa shape index (κ2) is 4.91. The predicted molar refractivity (Wildman–Crippen MR) is 65.6 cm³/mol. The molecule has 2 heteroatoms. The number of carbonyl (C=O) groups is 1. The maximum absolute atomic E-state index is 12.7. The van der Waals surface area contributed by atoms with Crippen LogP contribution in [0.25, 0.3) is 0 Å². The summed E-state index contributed by atoms with van der Waals surface area (Å²) in [5.74, 6) is -0.225. The van der Waals surface area contributed by atoms with E-state index in [4.69, 9.17) is 0 Å². The predicted octanol–water partition coefficient (Wildman–Crippen LogP) is 3.56. The smallest absolute Gasteiger partial charge is 0.167 e. The minimum Gasteiger partial charge on any atom is -0.294 e. The molecule has 86 valence electrons. The molecule has 17 heavy (non-hydrogen) atoms. The Kier molecular flexibility index (Phi) is 3.33. The van der Waals surface area contributed by atoms with Gasteiger partial charge in [-0.3, -0.25) is 4.79 Å². The fourth-order valence-electron chi connectivity index (χ4n) is 1.71. The van der Waals surface area contributed by atoms with Gasteiger partial charge >= 0.3 is 0 Å². The van der Waals surface area contributed by atoms with E-state index < -0.39 is 0 Å². The van der Waals surface area contributed by atoms with E-state index in [1.807, 2.05) is 25.1 Å². The highest BCUT2D eigenvalue weighted by molar-refractivity contribution is 5.97. The molecule has 0 radical (unpaired) electrons. The van der Waals surface area contributed by atoms with Gasteiger partial charge < -0.3 is 0 Å². The van der Waals surface area contributed by atoms with Crippen molar-refractivity contribution in [3.05, 3.63) is 71.0 Å². The molecule has 0 amide bonds. The highest BCUT2D eigenvalue weighted by Crippen LogP contribution is 2.10. The van der Waals surface area contributed by atoms with E-state index in [1.54, 1.807) is 18.2 Å². The van der Waals surface area contributed by atoms with E-state index in [2.05, 4.69) is 0 Å². The lowest BCUT2D eigenvalue weighted by Gasteiger charge is -2.02. The van der Waals surface area contributed by atoms with Crippen LogP contribution in [0.3, 0.4) is 0 Å². The Morgan fingerprint density at radius 3 is 2.47 bits per heavy atom. The average molecular weight is 228 g/mol. The molecule has 2 rings (SSSR count). The summed E-state index contributed by atoms with van der Waals surface area (Å²) in [4.78, 5) is 12.0. The lowest BCUT2D eigenvalue weighted by Crippen LogP contribution is -2.03. The maximum atomic E-state index is 12.7. The molecule has 0 aromatic heterocycles. The number of halogens is 1. The molecule has 0 N–H and O–H groups in total. The van der Waals surface area contributed by atoms with E-state index in [1.165, 1.54) is 12.1 Å². The zero-order valence-electron chi connectivity index (χ0n) is 9.61. The van der Waals surface area contributed by atoms with Gasteiger partial charge in [0.15, 0.2) is 5.78 Å². The van der Waals surface area contributed by atoms with Crippen molar-refractivity contribution in [1.29, 1.82) is 0 Å². The third-order valence-electron chi connectivity index (χ3n) is 2.62. The van der Waals surface area contributed by atoms with Crippen molar-refractivity contribution in [2.45, 2.75) is 13.3 Å². The van der Waals surface area contributed by atoms with Gasteiger partial charge in [-0.15, -0.1) is 0 Å². The van der Waals surface area contributed by atoms with Crippen molar-refractivity contribution < 1.29 is 9.18 Å². The molecule has 0 spiro atoms. The summed E-state index contributed by atoms with van der Waals surface area (Å²) in [6, 6.07) is 13.5. The number of Topliss-reactive ketones (excluding diaryl/α,β-unsaturated/α-hetero) is 1. The van der Waals surface area contributed by atoms with Crippen LogP contribution in [0.4, 0.5) is 4.39 Å². The molecule has 1 nitrogen and oxygen atoms in total. The zero-order chi connectivity index (χ0) is 12.3. The highest BCUT2D eigenvalue weighted by Gasteiger charge is 2.06. The fourth-order valence-corrected chi connectivity index (χ4v) is 1.71. The SMILES string of the molecule is Cc1cccc(C(=O)Cc2ccc(F)cc2)c1. The molecule has 0 saturated carbocycles. The topological polar surface area (TPSA) is 17.1 Å². The van der Waals surface area contributed by atoms with Crippen LogP contribution >= 0.6 is 0 Å². The Labute approximate surface area is 99.9 Å². The summed E-state index contributed by atoms with van der Waals surface area (Å²) in [5.41, 5.74) is 2.60. The van der Waals surface area contributed by atoms with Gasteiger partial charge in [-0.05, 0) is 30.7 Å². The third kappa shape index (κ3) is 3.00. The first-order valence-electron chi connectivity index (χ1n) is 5.49. The number of rotatable bonds is 3. The van der Waals surface area contributed by atoms with E-state index in [0.29, 0.717) is 12.0 Å². The van der Waals surface area contributed by atoms with Gasteiger partial charge in [0, 0.05) is 12.0 Å². The Hall–Kier alpha value is -1.96. The first-order valence-corrected chi connectivity index (χ1v) is 5.49. The summed E-state index contributed by atoms with van der Waals surface area (Å²) in [6.45, 7) is 1.95. The molecular weight excluding hydrogens is 215 g/mol. The third-order valence-corrected chi connectivity index (χ3v) is 2.62. The van der Waals surface area contributed by atoms with Crippen LogP contribution in [0.5, 0.6) is 0 Å². The van der Waals surface area contributed by atoms with Gasteiger partial charge in [-0.2, -0.15) is 0 Å². The number of hydrogen-bond donors (Lipinski definition) is 0. The lowest BCUT2D eigenvalue weighted by atomic mass is 10.0. The quantitative estimate of drug-likeness (QED) is 0.734. The van der Waals surface area contributed by atoms with Crippen LogP contribution in [-0.4, -0.2) is 5.78 Å². The van der Waals surface area contributed by atoms with Crippen molar-refractivity contribution in [1.82, 2.24) is 0 Å². The molecule has 0 aliphatic rings. The number of ketones is 1. The fraction of sp³-hybridized carbons (Fsp3) is 0.133. The van der Waals surface area contributed by atoms with Crippen molar-refractivity contribution in [2.24, 2.45) is 0 Å². The van der Waals surface area contributed by atoms with E-state index in [-0.39, 0.29) is 11.6 Å². The zero-order valence-corrected chi connectivity index (χ0v) is 9.61. The molecule has 0 unspecified atom stereocenters. The Balaban J connectivity index is 2.14. The van der Waals surface area contributed by atoms with Gasteiger partial charge in [0.05, 0.1) is 0 Å². The molecule has 0 atom stereocenters. The molecule has 0 fully saturated rings. The molecule has 2 aromatic rings. The largest absolute Gasteiger partial charge is 0.294 e. The second-order valence-electron chi connectivity index (χ2n) is 4.10. The van der Waals surface area contributed by atoms with Gasteiger partial charge in [0.1, 0.15) is 5.82 Å². The summed E-state index contributed by atoms with van der Waals surface area (Å²) < 4.78 is 12.7. The van der Waals surface area contributed by atoms with Crippen molar-refractivity contribution in [3.63, 3.8) is 0 Å². The number of hydrogen-bond acceptors (Lipinski definition) is 1. The molecule has 2 aromatic carbocycles. The first kappa shape index (κ1) is 11.5. The van der Waals surface area contributed by atoms with Gasteiger partial charge in [0.25, 0.3) is 0 Å². The van der Waals surface area contributed by atoms with Crippen molar-refractivity contribution in [3.8, 4) is 0 Å². The van der Waals surface area contributed by atoms with Crippen LogP contribution in [0.2, 0.25) is 0 Å².